The zero-order valence-corrected chi connectivity index (χ0v) is 20.0. The molecule has 0 fully saturated rings. The number of rotatable bonds is 10. The predicted molar refractivity (Wildman–Crippen MR) is 132 cm³/mol. The largest absolute Gasteiger partial charge is 0.444 e. The number of nitrogens with zero attached hydrogens (tertiary/aromatic N) is 4. The molecule has 1 aromatic carbocycles. The molecule has 32 heavy (non-hydrogen) atoms. The molecule has 2 aromatic rings. The van der Waals surface area contributed by atoms with E-state index in [0.29, 0.717) is 42.8 Å². The molecule has 1 aromatic heterocycles. The fourth-order valence-electron chi connectivity index (χ4n) is 2.87. The second kappa shape index (κ2) is 11.5. The van der Waals surface area contributed by atoms with Crippen molar-refractivity contribution in [1.82, 2.24) is 14.9 Å². The summed E-state index contributed by atoms with van der Waals surface area (Å²) in [5.41, 5.74) is 1.19. The van der Waals surface area contributed by atoms with Gasteiger partial charge in [0.1, 0.15) is 10.6 Å². The number of anilines is 3. The van der Waals surface area contributed by atoms with E-state index in [9.17, 15) is 4.79 Å². The number of ether oxygens (including phenoxy) is 1. The number of hydrogen-bond donors (Lipinski definition) is 1. The van der Waals surface area contributed by atoms with Gasteiger partial charge in [0.2, 0.25) is 5.95 Å². The number of halogens is 1. The standard InChI is InChI=1S/C24H32ClN5O2/c1-7-9-14-30(23(31)32-24(3,4)5)17-18-11-10-12-19(15-18)27-22-26-16-20(25)21(28-22)29(6)13-8-2/h7-8,10-12,15-16H,1-2,9,13-14,17H2,3-6H3,(H,26,27,28). The lowest BCUT2D eigenvalue weighted by Crippen LogP contribution is -2.37. The monoisotopic (exact) mass is 457 g/mol. The van der Waals surface area contributed by atoms with Crippen molar-refractivity contribution in [2.45, 2.75) is 39.3 Å². The van der Waals surface area contributed by atoms with Crippen LogP contribution in [0.25, 0.3) is 0 Å². The summed E-state index contributed by atoms with van der Waals surface area (Å²) in [5.74, 6) is 1.04. The van der Waals surface area contributed by atoms with Gasteiger partial charge in [-0.25, -0.2) is 9.78 Å². The molecule has 2 rings (SSSR count). The van der Waals surface area contributed by atoms with E-state index in [4.69, 9.17) is 16.3 Å². The fourth-order valence-corrected chi connectivity index (χ4v) is 3.11. The molecule has 0 atom stereocenters. The third kappa shape index (κ3) is 7.89. The first-order valence-electron chi connectivity index (χ1n) is 10.4. The predicted octanol–water partition coefficient (Wildman–Crippen LogP) is 5.81. The number of carbonyl (C=O) groups excluding carboxylic acids is 1. The summed E-state index contributed by atoms with van der Waals surface area (Å²) >= 11 is 6.24. The molecule has 0 unspecified atom stereocenters. The van der Waals surface area contributed by atoms with E-state index in [1.165, 1.54) is 0 Å². The molecule has 0 aliphatic carbocycles. The van der Waals surface area contributed by atoms with Gasteiger partial charge in [-0.3, -0.25) is 0 Å². The molecule has 0 radical (unpaired) electrons. The highest BCUT2D eigenvalue weighted by Crippen LogP contribution is 2.24. The van der Waals surface area contributed by atoms with Gasteiger partial charge in [-0.2, -0.15) is 4.98 Å². The molecule has 0 aliphatic heterocycles. The lowest BCUT2D eigenvalue weighted by Gasteiger charge is -2.27. The van der Waals surface area contributed by atoms with Crippen molar-refractivity contribution in [3.05, 3.63) is 66.4 Å². The normalized spacial score (nSPS) is 10.9. The summed E-state index contributed by atoms with van der Waals surface area (Å²) in [7, 11) is 1.88. The molecule has 1 amide bonds. The molecule has 7 nitrogen and oxygen atoms in total. The van der Waals surface area contributed by atoms with E-state index in [-0.39, 0.29) is 6.09 Å². The van der Waals surface area contributed by atoms with E-state index in [2.05, 4.69) is 28.4 Å². The SMILES string of the molecule is C=CCCN(Cc1cccc(Nc2ncc(Cl)c(N(C)CC=C)n2)c1)C(=O)OC(C)(C)C. The number of benzene rings is 1. The Morgan fingerprint density at radius 2 is 2.03 bits per heavy atom. The minimum absolute atomic E-state index is 0.353. The number of carbonyl (C=O) groups is 1. The van der Waals surface area contributed by atoms with Crippen LogP contribution in [0.15, 0.2) is 55.8 Å². The van der Waals surface area contributed by atoms with Crippen LogP contribution in [0.2, 0.25) is 5.02 Å². The van der Waals surface area contributed by atoms with Crippen molar-refractivity contribution in [2.75, 3.05) is 30.4 Å². The molecule has 0 saturated heterocycles. The minimum atomic E-state index is -0.560. The van der Waals surface area contributed by atoms with Gasteiger partial charge in [0.15, 0.2) is 5.82 Å². The van der Waals surface area contributed by atoms with Crippen LogP contribution < -0.4 is 10.2 Å². The van der Waals surface area contributed by atoms with Gasteiger partial charge in [-0.15, -0.1) is 13.2 Å². The molecule has 172 valence electrons. The number of likely N-dealkylation sites (N-methyl/N-ethyl adjacent to an activating group) is 1. The maximum Gasteiger partial charge on any atom is 0.410 e. The van der Waals surface area contributed by atoms with Crippen molar-refractivity contribution in [1.29, 1.82) is 0 Å². The van der Waals surface area contributed by atoms with Gasteiger partial charge < -0.3 is 19.9 Å². The second-order valence-corrected chi connectivity index (χ2v) is 8.75. The van der Waals surface area contributed by atoms with Crippen LogP contribution >= 0.6 is 11.6 Å². The van der Waals surface area contributed by atoms with Crippen molar-refractivity contribution < 1.29 is 9.53 Å². The van der Waals surface area contributed by atoms with Crippen LogP contribution in [-0.4, -0.2) is 46.7 Å². The Hall–Kier alpha value is -3.06. The summed E-state index contributed by atoms with van der Waals surface area (Å²) in [4.78, 5) is 25.0. The first-order valence-corrected chi connectivity index (χ1v) is 10.8. The summed E-state index contributed by atoms with van der Waals surface area (Å²) in [6.07, 6.45) is 5.45. The molecule has 0 saturated carbocycles. The first-order chi connectivity index (χ1) is 15.1. The van der Waals surface area contributed by atoms with Gasteiger partial charge in [-0.1, -0.05) is 35.9 Å². The third-order valence-corrected chi connectivity index (χ3v) is 4.57. The van der Waals surface area contributed by atoms with Crippen LogP contribution in [0.4, 0.5) is 22.2 Å². The Morgan fingerprint density at radius 3 is 2.69 bits per heavy atom. The highest BCUT2D eigenvalue weighted by molar-refractivity contribution is 6.32. The van der Waals surface area contributed by atoms with Gasteiger partial charge in [0.05, 0.1) is 6.20 Å². The van der Waals surface area contributed by atoms with Crippen molar-refractivity contribution in [3.8, 4) is 0 Å². The van der Waals surface area contributed by atoms with Crippen LogP contribution in [0.5, 0.6) is 0 Å². The van der Waals surface area contributed by atoms with Gasteiger partial charge >= 0.3 is 6.09 Å². The van der Waals surface area contributed by atoms with E-state index in [1.54, 1.807) is 23.2 Å². The Morgan fingerprint density at radius 1 is 1.28 bits per heavy atom. The molecule has 0 spiro atoms. The van der Waals surface area contributed by atoms with E-state index in [1.807, 2.05) is 57.0 Å². The minimum Gasteiger partial charge on any atom is -0.444 e. The highest BCUT2D eigenvalue weighted by atomic mass is 35.5. The number of amides is 1. The van der Waals surface area contributed by atoms with Crippen molar-refractivity contribution in [2.24, 2.45) is 0 Å². The number of nitrogens with one attached hydrogen (secondary N) is 1. The van der Waals surface area contributed by atoms with E-state index < -0.39 is 5.60 Å². The van der Waals surface area contributed by atoms with E-state index >= 15 is 0 Å². The van der Waals surface area contributed by atoms with Crippen molar-refractivity contribution >= 4 is 35.1 Å². The van der Waals surface area contributed by atoms with E-state index in [0.717, 1.165) is 11.3 Å². The van der Waals surface area contributed by atoms with Crippen LogP contribution in [0.3, 0.4) is 0 Å². The van der Waals surface area contributed by atoms with Gasteiger partial charge in [0.25, 0.3) is 0 Å². The maximum atomic E-state index is 12.6. The molecular formula is C24H32ClN5O2. The van der Waals surface area contributed by atoms with Crippen LogP contribution in [-0.2, 0) is 11.3 Å². The summed E-state index contributed by atoms with van der Waals surface area (Å²) in [6, 6.07) is 7.74. The third-order valence-electron chi connectivity index (χ3n) is 4.30. The Labute approximate surface area is 195 Å². The Balaban J connectivity index is 2.18. The molecule has 0 bridgehead atoms. The quantitative estimate of drug-likeness (QED) is 0.454. The average Bonchev–Trinajstić information content (AvgIpc) is 2.71. The molecule has 1 N–H and O–H groups in total. The van der Waals surface area contributed by atoms with Crippen molar-refractivity contribution in [3.63, 3.8) is 0 Å². The fraction of sp³-hybridized carbons (Fsp3) is 0.375. The number of aromatic nitrogens is 2. The lowest BCUT2D eigenvalue weighted by molar-refractivity contribution is 0.0237. The Kier molecular flexibility index (Phi) is 9.08. The first kappa shape index (κ1) is 25.2. The Bertz CT molecular complexity index is 942. The zero-order chi connectivity index (χ0) is 23.7. The van der Waals surface area contributed by atoms with Crippen LogP contribution in [0.1, 0.15) is 32.8 Å². The van der Waals surface area contributed by atoms with Gasteiger partial charge in [0, 0.05) is 32.4 Å². The molecule has 0 aliphatic rings. The summed E-state index contributed by atoms with van der Waals surface area (Å²) in [5, 5.41) is 3.67. The molecular weight excluding hydrogens is 426 g/mol. The summed E-state index contributed by atoms with van der Waals surface area (Å²) < 4.78 is 5.55. The molecule has 8 heteroatoms. The number of hydrogen-bond acceptors (Lipinski definition) is 6. The maximum absolute atomic E-state index is 12.6. The molecule has 1 heterocycles. The zero-order valence-electron chi connectivity index (χ0n) is 19.3. The topological polar surface area (TPSA) is 70.6 Å². The van der Waals surface area contributed by atoms with Crippen LogP contribution in [0, 0.1) is 0 Å². The summed E-state index contributed by atoms with van der Waals surface area (Å²) in [6.45, 7) is 14.6. The average molecular weight is 458 g/mol. The second-order valence-electron chi connectivity index (χ2n) is 8.34. The highest BCUT2D eigenvalue weighted by Gasteiger charge is 2.22. The smallest absolute Gasteiger partial charge is 0.410 e. The lowest BCUT2D eigenvalue weighted by atomic mass is 10.2. The van der Waals surface area contributed by atoms with Gasteiger partial charge in [-0.05, 0) is 44.9 Å².